The Bertz CT molecular complexity index is 2900. The monoisotopic (exact) mass is 818 g/mol. The summed E-state index contributed by atoms with van der Waals surface area (Å²) in [6.07, 6.45) is 6.00. The first-order valence-corrected chi connectivity index (χ1v) is 23.0. The third-order valence-electron chi connectivity index (χ3n) is 13.8. The van der Waals surface area contributed by atoms with Gasteiger partial charge in [0.2, 0.25) is 0 Å². The maximum Gasteiger partial charge on any atom is 0.253 e. The van der Waals surface area contributed by atoms with Crippen LogP contribution in [0.2, 0.25) is 0 Å². The molecule has 2 aliphatic heterocycles. The number of para-hydroxylation sites is 1. The molecule has 0 saturated carbocycles. The van der Waals surface area contributed by atoms with E-state index < -0.39 is 0 Å². The predicted octanol–water partition coefficient (Wildman–Crippen LogP) is 14.3. The summed E-state index contributed by atoms with van der Waals surface area (Å²) in [5, 5.41) is 2.50. The number of hydrogen-bond acceptors (Lipinski definition) is 4. The van der Waals surface area contributed by atoms with E-state index in [2.05, 4.69) is 197 Å². The summed E-state index contributed by atoms with van der Waals surface area (Å²) in [5.74, 6) is 1.36. The van der Waals surface area contributed by atoms with Crippen LogP contribution in [0.15, 0.2) is 101 Å². The average molecular weight is 819 g/mol. The first-order chi connectivity index (χ1) is 28.8. The molecule has 0 N–H and O–H groups in total. The second-order valence-corrected chi connectivity index (χ2v) is 22.4. The van der Waals surface area contributed by atoms with Crippen LogP contribution in [0.5, 0.6) is 0 Å². The quantitative estimate of drug-likeness (QED) is 0.166. The molecule has 308 valence electrons. The summed E-state index contributed by atoms with van der Waals surface area (Å²) in [4.78, 5) is 6.69. The van der Waals surface area contributed by atoms with Crippen molar-refractivity contribution in [2.75, 3.05) is 9.80 Å². The molecule has 0 amide bonds. The molecule has 0 fully saturated rings. The Morgan fingerprint density at radius 1 is 0.623 bits per heavy atom. The van der Waals surface area contributed by atoms with Gasteiger partial charge in [-0.25, -0.2) is 0 Å². The maximum absolute atomic E-state index is 6.43. The summed E-state index contributed by atoms with van der Waals surface area (Å²) >= 11 is 2.00. The Hall–Kier alpha value is -5.26. The van der Waals surface area contributed by atoms with Crippen LogP contribution in [0.3, 0.4) is 0 Å². The normalized spacial score (nSPS) is 15.9. The summed E-state index contributed by atoms with van der Waals surface area (Å²) in [6.45, 7) is 30.6. The van der Waals surface area contributed by atoms with Crippen LogP contribution < -0.4 is 26.2 Å². The molecule has 3 aliphatic rings. The van der Waals surface area contributed by atoms with Gasteiger partial charge in [0.15, 0.2) is 0 Å². The van der Waals surface area contributed by atoms with Crippen LogP contribution in [0, 0.1) is 39.0 Å². The van der Waals surface area contributed by atoms with Gasteiger partial charge in [-0.2, -0.15) is 0 Å². The van der Waals surface area contributed by atoms with E-state index >= 15 is 0 Å². The molecule has 5 heteroatoms. The van der Waals surface area contributed by atoms with Crippen LogP contribution >= 0.6 is 11.3 Å². The lowest BCUT2D eigenvalue weighted by molar-refractivity contribution is 0.291. The average Bonchev–Trinajstić information content (AvgIpc) is 3.79. The molecule has 1 atom stereocenters. The Morgan fingerprint density at radius 2 is 1.25 bits per heavy atom. The van der Waals surface area contributed by atoms with Gasteiger partial charge in [-0.15, -0.1) is 11.3 Å². The second-order valence-electron chi connectivity index (χ2n) is 21.4. The van der Waals surface area contributed by atoms with E-state index in [1.165, 1.54) is 93.6 Å². The number of benzene rings is 5. The minimum absolute atomic E-state index is 0.0135. The summed E-state index contributed by atoms with van der Waals surface area (Å²) in [6, 6.07) is 34.5. The molecular weight excluding hydrogens is 760 g/mol. The molecule has 1 unspecified atom stereocenters. The molecule has 10 rings (SSSR count). The van der Waals surface area contributed by atoms with Gasteiger partial charge in [0, 0.05) is 32.9 Å². The van der Waals surface area contributed by atoms with Crippen LogP contribution in [-0.2, 0) is 17.3 Å². The largest absolute Gasteiger partial charge is 0.456 e. The second kappa shape index (κ2) is 13.6. The number of fused-ring (bicyclic) bond motifs is 7. The lowest BCUT2D eigenvalue weighted by atomic mass is 9.33. The highest BCUT2D eigenvalue weighted by atomic mass is 32.1. The van der Waals surface area contributed by atoms with Crippen LogP contribution in [0.4, 0.5) is 33.4 Å². The fraction of sp³-hybridized carbons (Fsp3) is 0.321. The molecule has 0 radical (unpaired) electrons. The topological polar surface area (TPSA) is 19.6 Å². The van der Waals surface area contributed by atoms with Crippen molar-refractivity contribution in [1.29, 1.82) is 0 Å². The number of allylic oxidation sites excluding steroid dienone is 1. The zero-order chi connectivity index (χ0) is 43.1. The predicted molar refractivity (Wildman–Crippen MR) is 266 cm³/mol. The van der Waals surface area contributed by atoms with E-state index in [1.54, 1.807) is 0 Å². The third kappa shape index (κ3) is 6.28. The molecule has 2 aromatic heterocycles. The van der Waals surface area contributed by atoms with Crippen LogP contribution in [0.1, 0.15) is 106 Å². The molecule has 4 heterocycles. The van der Waals surface area contributed by atoms with Crippen molar-refractivity contribution in [3.8, 4) is 11.3 Å². The Kier molecular flexibility index (Phi) is 8.90. The van der Waals surface area contributed by atoms with Gasteiger partial charge in [-0.05, 0) is 160 Å². The molecule has 3 nitrogen and oxygen atoms in total. The van der Waals surface area contributed by atoms with E-state index in [-0.39, 0.29) is 23.0 Å². The maximum atomic E-state index is 6.43. The molecule has 1 aliphatic carbocycles. The molecule has 61 heavy (non-hydrogen) atoms. The fourth-order valence-corrected chi connectivity index (χ4v) is 11.8. The summed E-state index contributed by atoms with van der Waals surface area (Å²) in [7, 11) is 0. The SMILES string of the molecule is Cc1cc(-c2cc3ccccc3o2)cc(C)c1N1c2ccc(C(C)(C)C)cc2B2c3c1cccc3N(c1c(C)cc(C(C)(C)C)cc1C)c1sc3c(c12)CC(C(C)(C)C)C=C3. The number of hydrogen-bond donors (Lipinski definition) is 0. The van der Waals surface area contributed by atoms with Gasteiger partial charge in [0.1, 0.15) is 11.3 Å². The van der Waals surface area contributed by atoms with Crippen LogP contribution in [0.25, 0.3) is 28.4 Å². The summed E-state index contributed by atoms with van der Waals surface area (Å²) in [5.41, 5.74) is 22.2. The number of anilines is 6. The molecule has 0 spiro atoms. The number of thiophene rings is 1. The van der Waals surface area contributed by atoms with Crippen molar-refractivity contribution in [1.82, 2.24) is 0 Å². The van der Waals surface area contributed by atoms with E-state index in [0.717, 1.165) is 28.7 Å². The minimum atomic E-state index is -0.0135. The Labute approximate surface area is 368 Å². The Balaban J connectivity index is 1.26. The zero-order valence-electron chi connectivity index (χ0n) is 38.4. The van der Waals surface area contributed by atoms with Gasteiger partial charge in [-0.3, -0.25) is 0 Å². The number of nitrogens with zero attached hydrogens (tertiary/aromatic N) is 2. The van der Waals surface area contributed by atoms with Crippen molar-refractivity contribution in [2.45, 2.75) is 107 Å². The first-order valence-electron chi connectivity index (χ1n) is 22.2. The van der Waals surface area contributed by atoms with Gasteiger partial charge in [0.25, 0.3) is 6.71 Å². The van der Waals surface area contributed by atoms with E-state index in [9.17, 15) is 0 Å². The van der Waals surface area contributed by atoms with Crippen molar-refractivity contribution in [2.24, 2.45) is 11.3 Å². The molecule has 5 aromatic carbocycles. The van der Waals surface area contributed by atoms with Crippen molar-refractivity contribution in [3.05, 3.63) is 141 Å². The minimum Gasteiger partial charge on any atom is -0.456 e. The fourth-order valence-electron chi connectivity index (χ4n) is 10.5. The third-order valence-corrected chi connectivity index (χ3v) is 15.0. The lowest BCUT2D eigenvalue weighted by Crippen LogP contribution is -2.62. The lowest BCUT2D eigenvalue weighted by Gasteiger charge is -2.45. The molecular formula is C56H59BN2OS. The first kappa shape index (κ1) is 39.9. The smallest absolute Gasteiger partial charge is 0.253 e. The number of rotatable bonds is 3. The van der Waals surface area contributed by atoms with Crippen molar-refractivity contribution < 1.29 is 4.42 Å². The standard InChI is InChI=1S/C56H59BN2OS/c1-32-25-37(47-29-36-17-14-15-20-46(36)60-47)26-33(2)51(32)58-43-23-21-39(55(8,9)10)31-42(43)57-49-41-30-38(54(5,6)7)22-24-48(41)61-53(49)59(45-19-16-18-44(58)50(45)57)52-34(3)27-40(28-35(52)4)56(11,12)13/h14-29,31,38H,30H2,1-13H3. The van der Waals surface area contributed by atoms with Crippen molar-refractivity contribution in [3.63, 3.8) is 0 Å². The molecule has 7 aromatic rings. The highest BCUT2D eigenvalue weighted by Gasteiger charge is 2.47. The summed E-state index contributed by atoms with van der Waals surface area (Å²) < 4.78 is 6.43. The zero-order valence-corrected chi connectivity index (χ0v) is 39.2. The van der Waals surface area contributed by atoms with Gasteiger partial charge in [0.05, 0.1) is 16.4 Å². The molecule has 0 saturated heterocycles. The number of furan rings is 1. The van der Waals surface area contributed by atoms with E-state index in [1.807, 2.05) is 17.4 Å². The van der Waals surface area contributed by atoms with Gasteiger partial charge in [-0.1, -0.05) is 117 Å². The highest BCUT2D eigenvalue weighted by Crippen LogP contribution is 2.52. The number of aryl methyl sites for hydroxylation is 4. The van der Waals surface area contributed by atoms with E-state index in [4.69, 9.17) is 4.42 Å². The molecule has 0 bridgehead atoms. The van der Waals surface area contributed by atoms with Gasteiger partial charge >= 0.3 is 0 Å². The Morgan fingerprint density at radius 3 is 1.89 bits per heavy atom. The van der Waals surface area contributed by atoms with Gasteiger partial charge < -0.3 is 14.2 Å². The van der Waals surface area contributed by atoms with E-state index in [0.29, 0.717) is 5.92 Å². The van der Waals surface area contributed by atoms with Crippen LogP contribution in [-0.4, -0.2) is 6.71 Å². The highest BCUT2D eigenvalue weighted by molar-refractivity contribution is 7.21. The van der Waals surface area contributed by atoms with Crippen molar-refractivity contribution >= 4 is 84.9 Å².